The van der Waals surface area contributed by atoms with Crippen molar-refractivity contribution in [2.24, 2.45) is 11.3 Å². The van der Waals surface area contributed by atoms with Gasteiger partial charge in [-0.15, -0.1) is 0 Å². The highest BCUT2D eigenvalue weighted by molar-refractivity contribution is 5.96. The van der Waals surface area contributed by atoms with Crippen molar-refractivity contribution in [3.63, 3.8) is 0 Å². The van der Waals surface area contributed by atoms with Crippen LogP contribution in [0.3, 0.4) is 0 Å². The number of carbonyl (C=O) groups is 3. The molecule has 0 aliphatic heterocycles. The van der Waals surface area contributed by atoms with Crippen LogP contribution in [-0.2, 0) is 9.59 Å². The highest BCUT2D eigenvalue weighted by atomic mass is 16.4. The molecule has 1 rings (SSSR count). The predicted molar refractivity (Wildman–Crippen MR) is 74.2 cm³/mol. The van der Waals surface area contributed by atoms with Crippen LogP contribution in [0.2, 0.25) is 0 Å². The maximum absolute atomic E-state index is 11.6. The van der Waals surface area contributed by atoms with Crippen molar-refractivity contribution < 1.29 is 19.5 Å². The van der Waals surface area contributed by atoms with Crippen molar-refractivity contribution in [2.75, 3.05) is 6.54 Å². The molecule has 6 heteroatoms. The first-order chi connectivity index (χ1) is 9.31. The highest BCUT2D eigenvalue weighted by Gasteiger charge is 2.30. The molecule has 0 atom stereocenters. The molecule has 1 aliphatic rings. The number of hydrogen-bond acceptors (Lipinski definition) is 3. The second kappa shape index (κ2) is 7.26. The van der Waals surface area contributed by atoms with Gasteiger partial charge in [-0.2, -0.15) is 0 Å². The summed E-state index contributed by atoms with van der Waals surface area (Å²) in [5.41, 5.74) is -1.17. The van der Waals surface area contributed by atoms with Crippen LogP contribution in [0.5, 0.6) is 0 Å². The minimum absolute atomic E-state index is 0.224. The van der Waals surface area contributed by atoms with E-state index in [4.69, 9.17) is 5.11 Å². The number of amides is 3. The number of urea groups is 1. The lowest BCUT2D eigenvalue weighted by molar-refractivity contribution is -0.149. The maximum Gasteiger partial charge on any atom is 0.321 e. The molecule has 0 saturated heterocycles. The van der Waals surface area contributed by atoms with E-state index in [-0.39, 0.29) is 6.42 Å². The summed E-state index contributed by atoms with van der Waals surface area (Å²) in [6.07, 6.45) is 5.67. The van der Waals surface area contributed by atoms with E-state index >= 15 is 0 Å². The van der Waals surface area contributed by atoms with Gasteiger partial charge in [0.05, 0.1) is 5.41 Å². The largest absolute Gasteiger partial charge is 0.481 e. The van der Waals surface area contributed by atoms with Crippen molar-refractivity contribution >= 4 is 17.9 Å². The molecule has 1 fully saturated rings. The number of aliphatic carboxylic acids is 1. The van der Waals surface area contributed by atoms with Crippen LogP contribution in [0.15, 0.2) is 0 Å². The Bertz CT molecular complexity index is 373. The van der Waals surface area contributed by atoms with E-state index in [1.165, 1.54) is 39.5 Å². The highest BCUT2D eigenvalue weighted by Crippen LogP contribution is 2.26. The normalized spacial score (nSPS) is 15.9. The lowest BCUT2D eigenvalue weighted by atomic mass is 9.89. The van der Waals surface area contributed by atoms with Gasteiger partial charge in [-0.05, 0) is 26.2 Å². The van der Waals surface area contributed by atoms with Gasteiger partial charge in [0.25, 0.3) is 0 Å². The SMILES string of the molecule is CC(C)(CC(=O)NC(=O)NCCC1CCCC1)C(=O)O. The third-order valence-electron chi connectivity index (χ3n) is 3.75. The molecule has 0 aromatic carbocycles. The number of nitrogens with one attached hydrogen (secondary N) is 2. The minimum Gasteiger partial charge on any atom is -0.481 e. The fourth-order valence-electron chi connectivity index (χ4n) is 2.38. The van der Waals surface area contributed by atoms with E-state index in [2.05, 4.69) is 10.6 Å². The second-order valence-corrected chi connectivity index (χ2v) is 6.11. The Labute approximate surface area is 119 Å². The zero-order valence-corrected chi connectivity index (χ0v) is 12.2. The average molecular weight is 284 g/mol. The maximum atomic E-state index is 11.6. The van der Waals surface area contributed by atoms with Gasteiger partial charge in [-0.1, -0.05) is 25.7 Å². The van der Waals surface area contributed by atoms with Crippen molar-refractivity contribution in [3.8, 4) is 0 Å². The first-order valence-electron chi connectivity index (χ1n) is 7.12. The molecule has 1 saturated carbocycles. The number of imide groups is 1. The molecule has 0 aromatic rings. The van der Waals surface area contributed by atoms with Crippen LogP contribution in [0.4, 0.5) is 4.79 Å². The topological polar surface area (TPSA) is 95.5 Å². The summed E-state index contributed by atoms with van der Waals surface area (Å²) < 4.78 is 0. The Morgan fingerprint density at radius 3 is 2.35 bits per heavy atom. The summed E-state index contributed by atoms with van der Waals surface area (Å²) in [7, 11) is 0. The molecule has 6 nitrogen and oxygen atoms in total. The quantitative estimate of drug-likeness (QED) is 0.694. The Morgan fingerprint density at radius 1 is 1.20 bits per heavy atom. The van der Waals surface area contributed by atoms with Crippen molar-refractivity contribution in [1.29, 1.82) is 0 Å². The summed E-state index contributed by atoms with van der Waals surface area (Å²) in [5.74, 6) is -0.956. The molecule has 0 aromatic heterocycles. The third kappa shape index (κ3) is 5.59. The molecular weight excluding hydrogens is 260 g/mol. The Kier molecular flexibility index (Phi) is 5.98. The van der Waals surface area contributed by atoms with Crippen LogP contribution >= 0.6 is 0 Å². The number of carbonyl (C=O) groups excluding carboxylic acids is 2. The number of hydrogen-bond donors (Lipinski definition) is 3. The first-order valence-corrected chi connectivity index (χ1v) is 7.12. The Morgan fingerprint density at radius 2 is 1.80 bits per heavy atom. The molecule has 0 bridgehead atoms. The number of carboxylic acids is 1. The zero-order valence-electron chi connectivity index (χ0n) is 12.2. The summed E-state index contributed by atoms with van der Waals surface area (Å²) in [4.78, 5) is 33.9. The fraction of sp³-hybridized carbons (Fsp3) is 0.786. The van der Waals surface area contributed by atoms with E-state index in [0.29, 0.717) is 12.5 Å². The van der Waals surface area contributed by atoms with Gasteiger partial charge in [0.15, 0.2) is 0 Å². The lowest BCUT2D eigenvalue weighted by Crippen LogP contribution is -2.42. The summed E-state index contributed by atoms with van der Waals surface area (Å²) in [6.45, 7) is 3.45. The molecule has 114 valence electrons. The van der Waals surface area contributed by atoms with Gasteiger partial charge < -0.3 is 10.4 Å². The molecule has 0 heterocycles. The van der Waals surface area contributed by atoms with Crippen molar-refractivity contribution in [3.05, 3.63) is 0 Å². The summed E-state index contributed by atoms with van der Waals surface area (Å²) in [6, 6.07) is -0.547. The minimum atomic E-state index is -1.17. The first kappa shape index (κ1) is 16.5. The standard InChI is InChI=1S/C14H24N2O4/c1-14(2,12(18)19)9-11(17)16-13(20)15-8-7-10-5-3-4-6-10/h10H,3-9H2,1-2H3,(H,18,19)(H2,15,16,17,20). The molecule has 0 radical (unpaired) electrons. The average Bonchev–Trinajstić information content (AvgIpc) is 2.80. The number of rotatable bonds is 6. The lowest BCUT2D eigenvalue weighted by Gasteiger charge is -2.18. The van der Waals surface area contributed by atoms with Crippen LogP contribution in [0.25, 0.3) is 0 Å². The van der Waals surface area contributed by atoms with Crippen LogP contribution in [-0.4, -0.2) is 29.6 Å². The molecule has 1 aliphatic carbocycles. The molecule has 0 unspecified atom stereocenters. The van der Waals surface area contributed by atoms with E-state index in [0.717, 1.165) is 6.42 Å². The molecule has 3 N–H and O–H groups in total. The van der Waals surface area contributed by atoms with Crippen molar-refractivity contribution in [1.82, 2.24) is 10.6 Å². The van der Waals surface area contributed by atoms with E-state index in [9.17, 15) is 14.4 Å². The Balaban J connectivity index is 2.20. The van der Waals surface area contributed by atoms with E-state index in [1.807, 2.05) is 0 Å². The number of carboxylic acid groups (broad SMARTS) is 1. The molecule has 0 spiro atoms. The van der Waals surface area contributed by atoms with Gasteiger partial charge in [0.2, 0.25) is 5.91 Å². The molecule has 20 heavy (non-hydrogen) atoms. The van der Waals surface area contributed by atoms with E-state index < -0.39 is 23.3 Å². The van der Waals surface area contributed by atoms with Crippen molar-refractivity contribution in [2.45, 2.75) is 52.4 Å². The van der Waals surface area contributed by atoms with Crippen LogP contribution in [0, 0.1) is 11.3 Å². The zero-order chi connectivity index (χ0) is 15.2. The Hall–Kier alpha value is -1.59. The molecular formula is C14H24N2O4. The summed E-state index contributed by atoms with van der Waals surface area (Å²) >= 11 is 0. The van der Waals surface area contributed by atoms with Gasteiger partial charge in [0, 0.05) is 13.0 Å². The predicted octanol–water partition coefficient (Wildman–Crippen LogP) is 1.89. The van der Waals surface area contributed by atoms with Crippen LogP contribution in [0.1, 0.15) is 52.4 Å². The second-order valence-electron chi connectivity index (χ2n) is 6.11. The van der Waals surface area contributed by atoms with Crippen LogP contribution < -0.4 is 10.6 Å². The van der Waals surface area contributed by atoms with Gasteiger partial charge in [0.1, 0.15) is 0 Å². The monoisotopic (exact) mass is 284 g/mol. The third-order valence-corrected chi connectivity index (χ3v) is 3.75. The smallest absolute Gasteiger partial charge is 0.321 e. The van der Waals surface area contributed by atoms with Gasteiger partial charge in [-0.25, -0.2) is 4.79 Å². The fourth-order valence-corrected chi connectivity index (χ4v) is 2.38. The molecule has 3 amide bonds. The van der Waals surface area contributed by atoms with Gasteiger partial charge in [-0.3, -0.25) is 14.9 Å². The van der Waals surface area contributed by atoms with Gasteiger partial charge >= 0.3 is 12.0 Å². The summed E-state index contributed by atoms with van der Waals surface area (Å²) in [5, 5.41) is 13.7. The van der Waals surface area contributed by atoms with E-state index in [1.54, 1.807) is 0 Å².